The van der Waals surface area contributed by atoms with E-state index in [2.05, 4.69) is 5.32 Å². The Morgan fingerprint density at radius 2 is 1.80 bits per heavy atom. The lowest BCUT2D eigenvalue weighted by Gasteiger charge is -2.23. The molecule has 1 rings (SSSR count). The van der Waals surface area contributed by atoms with E-state index in [9.17, 15) is 14.0 Å². The molecule has 2 N–H and O–H groups in total. The third kappa shape index (κ3) is 5.66. The highest BCUT2D eigenvalue weighted by Crippen LogP contribution is 2.09. The van der Waals surface area contributed by atoms with E-state index in [-0.39, 0.29) is 13.1 Å². The Bertz CT molecular complexity index is 462. The first kappa shape index (κ1) is 15.9. The number of amides is 2. The molecule has 6 nitrogen and oxygen atoms in total. The van der Waals surface area contributed by atoms with Gasteiger partial charge in [0.2, 0.25) is 0 Å². The number of hydrogen-bond acceptors (Lipinski definition) is 3. The third-order valence-electron chi connectivity index (χ3n) is 2.53. The van der Waals surface area contributed by atoms with E-state index in [0.29, 0.717) is 12.2 Å². The van der Waals surface area contributed by atoms with E-state index in [1.165, 1.54) is 29.2 Å². The minimum atomic E-state index is -1.09. The number of rotatable bonds is 6. The molecule has 0 saturated carbocycles. The monoisotopic (exact) mass is 283 g/mol. The number of carbonyl (C=O) groups excluding carboxylic acids is 1. The van der Waals surface area contributed by atoms with Crippen LogP contribution in [0.3, 0.4) is 0 Å². The number of nitrogens with zero attached hydrogens (tertiary/aromatic N) is 2. The first-order chi connectivity index (χ1) is 9.38. The molecule has 0 atom stereocenters. The highest BCUT2D eigenvalue weighted by atomic mass is 19.1. The Balaban J connectivity index is 2.66. The van der Waals surface area contributed by atoms with Crippen molar-refractivity contribution in [1.29, 1.82) is 0 Å². The highest BCUT2D eigenvalue weighted by molar-refractivity contribution is 5.91. The summed E-state index contributed by atoms with van der Waals surface area (Å²) in [7, 11) is 3.66. The van der Waals surface area contributed by atoms with Crippen molar-refractivity contribution in [3.63, 3.8) is 0 Å². The van der Waals surface area contributed by atoms with Gasteiger partial charge in [0.05, 0.1) is 0 Å². The maximum absolute atomic E-state index is 12.8. The van der Waals surface area contributed by atoms with Crippen LogP contribution >= 0.6 is 0 Å². The summed E-state index contributed by atoms with van der Waals surface area (Å²) in [5.74, 6) is -1.49. The van der Waals surface area contributed by atoms with Crippen molar-refractivity contribution >= 4 is 17.7 Å². The van der Waals surface area contributed by atoms with E-state index in [1.54, 1.807) is 0 Å². The van der Waals surface area contributed by atoms with Crippen LogP contribution in [0.5, 0.6) is 0 Å². The number of likely N-dealkylation sites (N-methyl/N-ethyl adjacent to an activating group) is 1. The molecule has 0 aliphatic heterocycles. The fourth-order valence-corrected chi connectivity index (χ4v) is 1.47. The first-order valence-electron chi connectivity index (χ1n) is 6.06. The minimum Gasteiger partial charge on any atom is -0.480 e. The van der Waals surface area contributed by atoms with Gasteiger partial charge in [-0.05, 0) is 38.4 Å². The van der Waals surface area contributed by atoms with E-state index in [1.807, 2.05) is 19.0 Å². The summed E-state index contributed by atoms with van der Waals surface area (Å²) in [6, 6.07) is 4.74. The standard InChI is InChI=1S/C13H18FN3O3/c1-16(2)7-8-17(9-12(18)19)13(20)15-11-5-3-10(14)4-6-11/h3-6H,7-9H2,1-2H3,(H,15,20)(H,18,19). The predicted octanol–water partition coefficient (Wildman–Crippen LogP) is 1.31. The second-order valence-corrected chi connectivity index (χ2v) is 4.56. The molecular formula is C13H18FN3O3. The second kappa shape index (κ2) is 7.44. The molecule has 20 heavy (non-hydrogen) atoms. The molecule has 0 unspecified atom stereocenters. The molecule has 0 aliphatic carbocycles. The molecule has 1 aromatic rings. The largest absolute Gasteiger partial charge is 0.480 e. The summed E-state index contributed by atoms with van der Waals surface area (Å²) in [6.07, 6.45) is 0. The average molecular weight is 283 g/mol. The Morgan fingerprint density at radius 3 is 2.30 bits per heavy atom. The van der Waals surface area contributed by atoms with Crippen molar-refractivity contribution in [1.82, 2.24) is 9.80 Å². The quantitative estimate of drug-likeness (QED) is 0.825. The van der Waals surface area contributed by atoms with Gasteiger partial charge in [-0.3, -0.25) is 4.79 Å². The molecule has 0 spiro atoms. The molecule has 0 bridgehead atoms. The fraction of sp³-hybridized carbons (Fsp3) is 0.385. The predicted molar refractivity (Wildman–Crippen MR) is 73.2 cm³/mol. The van der Waals surface area contributed by atoms with Gasteiger partial charge in [-0.25, -0.2) is 9.18 Å². The van der Waals surface area contributed by atoms with Gasteiger partial charge in [0.1, 0.15) is 12.4 Å². The van der Waals surface area contributed by atoms with Crippen LogP contribution in [-0.2, 0) is 4.79 Å². The lowest BCUT2D eigenvalue weighted by molar-refractivity contribution is -0.137. The topological polar surface area (TPSA) is 72.9 Å². The van der Waals surface area contributed by atoms with Gasteiger partial charge in [0.25, 0.3) is 0 Å². The molecule has 0 aliphatic rings. The molecule has 0 radical (unpaired) electrons. The average Bonchev–Trinajstić information content (AvgIpc) is 2.36. The van der Waals surface area contributed by atoms with Crippen LogP contribution in [0.2, 0.25) is 0 Å². The van der Waals surface area contributed by atoms with Gasteiger partial charge < -0.3 is 20.2 Å². The summed E-state index contributed by atoms with van der Waals surface area (Å²) < 4.78 is 12.8. The van der Waals surface area contributed by atoms with E-state index >= 15 is 0 Å². The number of aliphatic carboxylic acids is 1. The van der Waals surface area contributed by atoms with Gasteiger partial charge in [-0.2, -0.15) is 0 Å². The number of nitrogens with one attached hydrogen (secondary N) is 1. The van der Waals surface area contributed by atoms with Crippen LogP contribution in [0.4, 0.5) is 14.9 Å². The van der Waals surface area contributed by atoms with E-state index in [0.717, 1.165) is 0 Å². The van der Waals surface area contributed by atoms with Crippen LogP contribution in [0.25, 0.3) is 0 Å². The zero-order valence-corrected chi connectivity index (χ0v) is 11.5. The normalized spacial score (nSPS) is 10.4. The third-order valence-corrected chi connectivity index (χ3v) is 2.53. The van der Waals surface area contributed by atoms with Crippen molar-refractivity contribution < 1.29 is 19.1 Å². The Kier molecular flexibility index (Phi) is 5.92. The van der Waals surface area contributed by atoms with Crippen LogP contribution in [-0.4, -0.2) is 60.6 Å². The van der Waals surface area contributed by atoms with Crippen molar-refractivity contribution in [2.75, 3.05) is 39.0 Å². The number of urea groups is 1. The number of carboxylic acids is 1. The number of halogens is 1. The van der Waals surface area contributed by atoms with Gasteiger partial charge in [-0.15, -0.1) is 0 Å². The lowest BCUT2D eigenvalue weighted by atomic mass is 10.3. The Morgan fingerprint density at radius 1 is 1.20 bits per heavy atom. The SMILES string of the molecule is CN(C)CCN(CC(=O)O)C(=O)Nc1ccc(F)cc1. The summed E-state index contributed by atoms with van der Waals surface area (Å²) in [4.78, 5) is 25.8. The summed E-state index contributed by atoms with van der Waals surface area (Å²) in [5, 5.41) is 11.4. The van der Waals surface area contributed by atoms with Crippen LogP contribution in [0, 0.1) is 5.82 Å². The molecule has 7 heteroatoms. The maximum Gasteiger partial charge on any atom is 0.323 e. The zero-order chi connectivity index (χ0) is 15.1. The maximum atomic E-state index is 12.8. The number of benzene rings is 1. The van der Waals surface area contributed by atoms with Crippen molar-refractivity contribution in [3.8, 4) is 0 Å². The Labute approximate surface area is 116 Å². The second-order valence-electron chi connectivity index (χ2n) is 4.56. The molecule has 110 valence electrons. The number of hydrogen-bond donors (Lipinski definition) is 2. The van der Waals surface area contributed by atoms with Crippen molar-refractivity contribution in [2.24, 2.45) is 0 Å². The van der Waals surface area contributed by atoms with Gasteiger partial charge in [-0.1, -0.05) is 0 Å². The van der Waals surface area contributed by atoms with Crippen molar-refractivity contribution in [2.45, 2.75) is 0 Å². The molecular weight excluding hydrogens is 265 g/mol. The molecule has 0 heterocycles. The van der Waals surface area contributed by atoms with E-state index < -0.39 is 17.8 Å². The molecule has 1 aromatic carbocycles. The minimum absolute atomic E-state index is 0.284. The van der Waals surface area contributed by atoms with Gasteiger partial charge in [0, 0.05) is 18.8 Å². The number of carbonyl (C=O) groups is 2. The highest BCUT2D eigenvalue weighted by Gasteiger charge is 2.16. The lowest BCUT2D eigenvalue weighted by Crippen LogP contribution is -2.42. The van der Waals surface area contributed by atoms with Crippen LogP contribution < -0.4 is 5.32 Å². The summed E-state index contributed by atoms with van der Waals surface area (Å²) in [6.45, 7) is 0.442. The van der Waals surface area contributed by atoms with E-state index in [4.69, 9.17) is 5.11 Å². The van der Waals surface area contributed by atoms with Crippen LogP contribution in [0.15, 0.2) is 24.3 Å². The fourth-order valence-electron chi connectivity index (χ4n) is 1.47. The first-order valence-corrected chi connectivity index (χ1v) is 6.06. The van der Waals surface area contributed by atoms with Gasteiger partial charge >= 0.3 is 12.0 Å². The van der Waals surface area contributed by atoms with Crippen molar-refractivity contribution in [3.05, 3.63) is 30.1 Å². The Hall–Kier alpha value is -2.15. The number of carboxylic acid groups (broad SMARTS) is 1. The zero-order valence-electron chi connectivity index (χ0n) is 11.5. The smallest absolute Gasteiger partial charge is 0.323 e. The molecule has 2 amide bonds. The summed E-state index contributed by atoms with van der Waals surface area (Å²) >= 11 is 0. The number of anilines is 1. The molecule has 0 fully saturated rings. The summed E-state index contributed by atoms with van der Waals surface area (Å²) in [5.41, 5.74) is 0.414. The molecule has 0 aromatic heterocycles. The molecule has 0 saturated heterocycles. The van der Waals surface area contributed by atoms with Crippen LogP contribution in [0.1, 0.15) is 0 Å². The van der Waals surface area contributed by atoms with Gasteiger partial charge in [0.15, 0.2) is 0 Å².